The van der Waals surface area contributed by atoms with Crippen LogP contribution in [0.15, 0.2) is 41.3 Å². The number of hydrogen-bond acceptors (Lipinski definition) is 3. The molecule has 0 atom stereocenters. The summed E-state index contributed by atoms with van der Waals surface area (Å²) in [5.41, 5.74) is 6.77. The van der Waals surface area contributed by atoms with Gasteiger partial charge in [0.15, 0.2) is 0 Å². The van der Waals surface area contributed by atoms with Crippen molar-refractivity contribution in [2.45, 2.75) is 4.90 Å². The largest absolute Gasteiger partial charge is 0.398 e. The number of nitrogens with one attached hydrogen (secondary N) is 1. The van der Waals surface area contributed by atoms with Crippen molar-refractivity contribution in [3.63, 3.8) is 0 Å². The number of nitrogen functional groups attached to an aromatic ring is 1. The Morgan fingerprint density at radius 3 is 2.24 bits per heavy atom. The number of benzene rings is 2. The Bertz CT molecular complexity index is 639. The number of thioether (sulfide) groups is 1. The van der Waals surface area contributed by atoms with E-state index in [4.69, 9.17) is 40.5 Å². The molecule has 0 aliphatic heterocycles. The lowest BCUT2D eigenvalue weighted by molar-refractivity contribution is -0.113. The van der Waals surface area contributed by atoms with Crippen molar-refractivity contribution in [3.05, 3.63) is 51.5 Å². The van der Waals surface area contributed by atoms with E-state index in [0.717, 1.165) is 0 Å². The number of para-hydroxylation sites is 1. The normalized spacial score (nSPS) is 10.4. The first kappa shape index (κ1) is 16.3. The Morgan fingerprint density at radius 1 is 1.05 bits per heavy atom. The van der Waals surface area contributed by atoms with E-state index in [9.17, 15) is 4.79 Å². The first-order valence-corrected chi connectivity index (χ1v) is 8.01. The van der Waals surface area contributed by atoms with Gasteiger partial charge in [0.1, 0.15) is 0 Å². The van der Waals surface area contributed by atoms with Gasteiger partial charge >= 0.3 is 0 Å². The highest BCUT2D eigenvalue weighted by atomic mass is 35.5. The third kappa shape index (κ3) is 4.20. The number of nitrogens with two attached hydrogens (primary N) is 1. The van der Waals surface area contributed by atoms with Crippen LogP contribution in [0.5, 0.6) is 0 Å². The molecule has 7 heteroatoms. The van der Waals surface area contributed by atoms with E-state index < -0.39 is 0 Å². The second-order valence-electron chi connectivity index (χ2n) is 4.09. The van der Waals surface area contributed by atoms with Gasteiger partial charge in [0.05, 0.1) is 26.5 Å². The third-order valence-corrected chi connectivity index (χ3v) is 4.78. The molecule has 0 heterocycles. The van der Waals surface area contributed by atoms with Crippen molar-refractivity contribution in [2.24, 2.45) is 0 Å². The third-order valence-electron chi connectivity index (χ3n) is 2.57. The highest BCUT2D eigenvalue weighted by Crippen LogP contribution is 2.33. The van der Waals surface area contributed by atoms with Crippen molar-refractivity contribution < 1.29 is 4.79 Å². The van der Waals surface area contributed by atoms with Crippen molar-refractivity contribution in [3.8, 4) is 0 Å². The van der Waals surface area contributed by atoms with Gasteiger partial charge in [0.2, 0.25) is 5.91 Å². The van der Waals surface area contributed by atoms with Gasteiger partial charge in [-0.25, -0.2) is 0 Å². The van der Waals surface area contributed by atoms with Crippen molar-refractivity contribution >= 4 is 63.8 Å². The maximum atomic E-state index is 12.0. The summed E-state index contributed by atoms with van der Waals surface area (Å²) in [6.07, 6.45) is 0. The molecule has 0 aromatic heterocycles. The summed E-state index contributed by atoms with van der Waals surface area (Å²) in [6.45, 7) is 0. The summed E-state index contributed by atoms with van der Waals surface area (Å²) in [6, 6.07) is 10.2. The van der Waals surface area contributed by atoms with Crippen LogP contribution in [0.2, 0.25) is 15.1 Å². The molecule has 2 aromatic rings. The fraction of sp³-hybridized carbons (Fsp3) is 0.0714. The highest BCUT2D eigenvalue weighted by molar-refractivity contribution is 8.00. The summed E-state index contributed by atoms with van der Waals surface area (Å²) in [7, 11) is 0. The van der Waals surface area contributed by atoms with Gasteiger partial charge in [-0.3, -0.25) is 4.79 Å². The minimum absolute atomic E-state index is 0.148. The number of rotatable bonds is 4. The lowest BCUT2D eigenvalue weighted by Gasteiger charge is -2.10. The van der Waals surface area contributed by atoms with Crippen LogP contribution in [0.1, 0.15) is 0 Å². The van der Waals surface area contributed by atoms with E-state index in [-0.39, 0.29) is 11.7 Å². The average molecular weight is 362 g/mol. The number of carbonyl (C=O) groups is 1. The quantitative estimate of drug-likeness (QED) is 0.598. The maximum absolute atomic E-state index is 12.0. The zero-order valence-electron chi connectivity index (χ0n) is 10.7. The molecule has 3 nitrogen and oxygen atoms in total. The Morgan fingerprint density at radius 2 is 1.62 bits per heavy atom. The van der Waals surface area contributed by atoms with E-state index in [1.54, 1.807) is 36.4 Å². The standard InChI is InChI=1S/C14H11Cl3N2OS/c15-8-3-1-4-9(16)13(8)19-12(20)7-21-14-10(17)5-2-6-11(14)18/h1-6H,7,18H2,(H,19,20). The molecule has 1 amide bonds. The predicted molar refractivity (Wildman–Crippen MR) is 91.7 cm³/mol. The fourth-order valence-electron chi connectivity index (χ4n) is 1.61. The molecular formula is C14H11Cl3N2OS. The number of halogens is 3. The second-order valence-corrected chi connectivity index (χ2v) is 6.30. The average Bonchev–Trinajstić information content (AvgIpc) is 2.42. The minimum atomic E-state index is -0.241. The first-order valence-electron chi connectivity index (χ1n) is 5.89. The molecule has 0 aliphatic carbocycles. The molecule has 110 valence electrons. The second kappa shape index (κ2) is 7.27. The Hall–Kier alpha value is -1.07. The van der Waals surface area contributed by atoms with Crippen LogP contribution in [0, 0.1) is 0 Å². The van der Waals surface area contributed by atoms with Crippen LogP contribution in [-0.2, 0) is 4.79 Å². The smallest absolute Gasteiger partial charge is 0.234 e. The van der Waals surface area contributed by atoms with E-state index in [1.807, 2.05) is 0 Å². The molecule has 0 fully saturated rings. The lowest BCUT2D eigenvalue weighted by Crippen LogP contribution is -2.14. The van der Waals surface area contributed by atoms with Gasteiger partial charge in [0.25, 0.3) is 0 Å². The first-order chi connectivity index (χ1) is 9.99. The van der Waals surface area contributed by atoms with Gasteiger partial charge in [0, 0.05) is 10.6 Å². The predicted octanol–water partition coefficient (Wildman–Crippen LogP) is 4.96. The van der Waals surface area contributed by atoms with Gasteiger partial charge in [-0.2, -0.15) is 0 Å². The molecule has 0 saturated heterocycles. The molecule has 0 aliphatic rings. The molecular weight excluding hydrogens is 351 g/mol. The van der Waals surface area contributed by atoms with Gasteiger partial charge in [-0.15, -0.1) is 11.8 Å². The summed E-state index contributed by atoms with van der Waals surface area (Å²) in [5, 5.41) is 3.97. The Labute approximate surface area is 141 Å². The van der Waals surface area contributed by atoms with Crippen LogP contribution in [0.4, 0.5) is 11.4 Å². The van der Waals surface area contributed by atoms with Crippen LogP contribution >= 0.6 is 46.6 Å². The summed E-state index contributed by atoms with van der Waals surface area (Å²) >= 11 is 19.3. The molecule has 2 aromatic carbocycles. The molecule has 3 N–H and O–H groups in total. The minimum Gasteiger partial charge on any atom is -0.398 e. The fourth-order valence-corrected chi connectivity index (χ4v) is 3.23. The van der Waals surface area contributed by atoms with E-state index in [0.29, 0.717) is 31.3 Å². The monoisotopic (exact) mass is 360 g/mol. The SMILES string of the molecule is Nc1cccc(Cl)c1SCC(=O)Nc1c(Cl)cccc1Cl. The lowest BCUT2D eigenvalue weighted by atomic mass is 10.3. The zero-order valence-corrected chi connectivity index (χ0v) is 13.8. The van der Waals surface area contributed by atoms with E-state index in [1.165, 1.54) is 11.8 Å². The van der Waals surface area contributed by atoms with Gasteiger partial charge < -0.3 is 11.1 Å². The maximum Gasteiger partial charge on any atom is 0.234 e. The number of anilines is 2. The van der Waals surface area contributed by atoms with E-state index >= 15 is 0 Å². The molecule has 21 heavy (non-hydrogen) atoms. The molecule has 0 radical (unpaired) electrons. The number of hydrogen-bond donors (Lipinski definition) is 2. The molecule has 0 spiro atoms. The molecule has 0 bridgehead atoms. The Kier molecular flexibility index (Phi) is 5.65. The number of amides is 1. The van der Waals surface area contributed by atoms with Gasteiger partial charge in [-0.1, -0.05) is 46.9 Å². The summed E-state index contributed by atoms with van der Waals surface area (Å²) < 4.78 is 0. The summed E-state index contributed by atoms with van der Waals surface area (Å²) in [5.74, 6) is -0.0931. The molecule has 0 unspecified atom stereocenters. The van der Waals surface area contributed by atoms with Crippen LogP contribution in [-0.4, -0.2) is 11.7 Å². The van der Waals surface area contributed by atoms with Crippen LogP contribution in [0.3, 0.4) is 0 Å². The van der Waals surface area contributed by atoms with Crippen molar-refractivity contribution in [2.75, 3.05) is 16.8 Å². The molecule has 2 rings (SSSR count). The Balaban J connectivity index is 2.03. The van der Waals surface area contributed by atoms with Crippen LogP contribution < -0.4 is 11.1 Å². The van der Waals surface area contributed by atoms with Crippen molar-refractivity contribution in [1.82, 2.24) is 0 Å². The van der Waals surface area contributed by atoms with Gasteiger partial charge in [-0.05, 0) is 24.3 Å². The van der Waals surface area contributed by atoms with E-state index in [2.05, 4.69) is 5.32 Å². The summed E-state index contributed by atoms with van der Waals surface area (Å²) in [4.78, 5) is 12.7. The topological polar surface area (TPSA) is 55.1 Å². The van der Waals surface area contributed by atoms with Crippen molar-refractivity contribution in [1.29, 1.82) is 0 Å². The zero-order chi connectivity index (χ0) is 15.4. The van der Waals surface area contributed by atoms with Crippen LogP contribution in [0.25, 0.3) is 0 Å². The number of carbonyl (C=O) groups excluding carboxylic acids is 1. The highest BCUT2D eigenvalue weighted by Gasteiger charge is 2.12. The molecule has 0 saturated carbocycles.